The predicted molar refractivity (Wildman–Crippen MR) is 78.4 cm³/mol. The van der Waals surface area contributed by atoms with E-state index < -0.39 is 0 Å². The molecule has 20 heavy (non-hydrogen) atoms. The van der Waals surface area contributed by atoms with Crippen LogP contribution in [0.25, 0.3) is 5.57 Å². The SMILES string of the molecule is Nc1ccccc1.O=C1C=C(c2ccccc2)C(=O)N1. The number of hydrogen-bond donors (Lipinski definition) is 2. The molecule has 3 rings (SSSR count). The number of rotatable bonds is 1. The van der Waals surface area contributed by atoms with Crippen molar-refractivity contribution in [2.24, 2.45) is 0 Å². The van der Waals surface area contributed by atoms with Gasteiger partial charge in [-0.05, 0) is 17.7 Å². The fraction of sp³-hybridized carbons (Fsp3) is 0. The fourth-order valence-corrected chi connectivity index (χ4v) is 1.70. The Bertz CT molecular complexity index is 634. The van der Waals surface area contributed by atoms with Gasteiger partial charge in [-0.3, -0.25) is 14.9 Å². The molecule has 0 atom stereocenters. The van der Waals surface area contributed by atoms with E-state index in [0.29, 0.717) is 5.57 Å². The molecule has 0 saturated carbocycles. The fourth-order valence-electron chi connectivity index (χ4n) is 1.70. The number of imide groups is 1. The number of para-hydroxylation sites is 1. The number of nitrogens with one attached hydrogen (secondary N) is 1. The molecule has 1 aliphatic heterocycles. The van der Waals surface area contributed by atoms with Crippen LogP contribution in [0.4, 0.5) is 5.69 Å². The van der Waals surface area contributed by atoms with Crippen molar-refractivity contribution in [3.8, 4) is 0 Å². The first-order valence-corrected chi connectivity index (χ1v) is 6.10. The summed E-state index contributed by atoms with van der Waals surface area (Å²) in [6.07, 6.45) is 1.32. The standard InChI is InChI=1S/C10H7NO2.C6H7N/c12-9-6-8(10(13)11-9)7-4-2-1-3-5-7;7-6-4-2-1-3-5-6/h1-6H,(H,11,12,13);1-5H,7H2. The number of benzene rings is 2. The van der Waals surface area contributed by atoms with Crippen molar-refractivity contribution in [3.63, 3.8) is 0 Å². The van der Waals surface area contributed by atoms with Gasteiger partial charge >= 0.3 is 0 Å². The third kappa shape index (κ3) is 3.55. The lowest BCUT2D eigenvalue weighted by Gasteiger charge is -1.97. The highest BCUT2D eigenvalue weighted by molar-refractivity contribution is 6.33. The van der Waals surface area contributed by atoms with E-state index in [-0.39, 0.29) is 11.8 Å². The van der Waals surface area contributed by atoms with Gasteiger partial charge in [-0.15, -0.1) is 0 Å². The maximum atomic E-state index is 11.2. The summed E-state index contributed by atoms with van der Waals surface area (Å²) in [5, 5.41) is 2.19. The van der Waals surface area contributed by atoms with Gasteiger partial charge in [0.1, 0.15) is 0 Å². The molecule has 0 aromatic heterocycles. The molecule has 0 bridgehead atoms. The molecule has 3 N–H and O–H groups in total. The number of amides is 2. The highest BCUT2D eigenvalue weighted by atomic mass is 16.2. The number of carbonyl (C=O) groups is 2. The summed E-state index contributed by atoms with van der Waals surface area (Å²) in [6, 6.07) is 18.6. The molecular formula is C16H14N2O2. The normalized spacial score (nSPS) is 13.1. The summed E-state index contributed by atoms with van der Waals surface area (Å²) < 4.78 is 0. The van der Waals surface area contributed by atoms with Crippen molar-refractivity contribution in [2.75, 3.05) is 5.73 Å². The zero-order valence-electron chi connectivity index (χ0n) is 10.7. The smallest absolute Gasteiger partial charge is 0.258 e. The van der Waals surface area contributed by atoms with Gasteiger partial charge in [-0.25, -0.2) is 0 Å². The number of carbonyl (C=O) groups excluding carboxylic acids is 2. The van der Waals surface area contributed by atoms with Crippen LogP contribution in [-0.4, -0.2) is 11.8 Å². The first kappa shape index (κ1) is 13.5. The summed E-state index contributed by atoms with van der Waals surface area (Å²) in [6.45, 7) is 0. The van der Waals surface area contributed by atoms with Crippen LogP contribution in [0.2, 0.25) is 0 Å². The number of nitrogens with two attached hydrogens (primary N) is 1. The molecule has 4 nitrogen and oxygen atoms in total. The van der Waals surface area contributed by atoms with Gasteiger partial charge in [0.25, 0.3) is 11.8 Å². The van der Waals surface area contributed by atoms with Crippen LogP contribution >= 0.6 is 0 Å². The molecule has 4 heteroatoms. The molecule has 0 fully saturated rings. The van der Waals surface area contributed by atoms with E-state index in [0.717, 1.165) is 11.3 Å². The third-order valence-corrected chi connectivity index (χ3v) is 2.64. The van der Waals surface area contributed by atoms with Crippen molar-refractivity contribution in [3.05, 3.63) is 72.3 Å². The Morgan fingerprint density at radius 3 is 1.75 bits per heavy atom. The first-order valence-electron chi connectivity index (χ1n) is 6.10. The lowest BCUT2D eigenvalue weighted by Crippen LogP contribution is -2.21. The minimum absolute atomic E-state index is 0.323. The highest BCUT2D eigenvalue weighted by Gasteiger charge is 2.21. The van der Waals surface area contributed by atoms with Crippen molar-refractivity contribution in [1.29, 1.82) is 0 Å². The molecule has 2 aromatic carbocycles. The van der Waals surface area contributed by atoms with E-state index in [1.54, 1.807) is 12.1 Å². The number of anilines is 1. The Morgan fingerprint density at radius 2 is 1.35 bits per heavy atom. The summed E-state index contributed by atoms with van der Waals surface area (Å²) in [4.78, 5) is 22.0. The lowest BCUT2D eigenvalue weighted by atomic mass is 10.1. The van der Waals surface area contributed by atoms with Gasteiger partial charge in [0.15, 0.2) is 0 Å². The second-order valence-electron chi connectivity index (χ2n) is 4.15. The second-order valence-corrected chi connectivity index (χ2v) is 4.15. The molecule has 0 aliphatic carbocycles. The quantitative estimate of drug-likeness (QED) is 0.612. The second kappa shape index (κ2) is 6.33. The Labute approximate surface area is 116 Å². The average molecular weight is 266 g/mol. The topological polar surface area (TPSA) is 72.2 Å². The molecule has 0 spiro atoms. The zero-order chi connectivity index (χ0) is 14.4. The molecular weight excluding hydrogens is 252 g/mol. The van der Waals surface area contributed by atoms with E-state index >= 15 is 0 Å². The lowest BCUT2D eigenvalue weighted by molar-refractivity contribution is -0.123. The maximum absolute atomic E-state index is 11.2. The summed E-state index contributed by atoms with van der Waals surface area (Å²) in [5.74, 6) is -0.667. The summed E-state index contributed by atoms with van der Waals surface area (Å²) in [5.41, 5.74) is 7.38. The largest absolute Gasteiger partial charge is 0.399 e. The van der Waals surface area contributed by atoms with E-state index in [1.165, 1.54) is 6.08 Å². The van der Waals surface area contributed by atoms with Crippen molar-refractivity contribution in [2.45, 2.75) is 0 Å². The Morgan fingerprint density at radius 1 is 0.800 bits per heavy atom. The van der Waals surface area contributed by atoms with Crippen LogP contribution in [0.15, 0.2) is 66.7 Å². The third-order valence-electron chi connectivity index (χ3n) is 2.64. The van der Waals surface area contributed by atoms with Gasteiger partial charge in [0.05, 0.1) is 5.57 Å². The van der Waals surface area contributed by atoms with Crippen LogP contribution in [0, 0.1) is 0 Å². The Balaban J connectivity index is 0.000000178. The monoisotopic (exact) mass is 266 g/mol. The molecule has 1 aliphatic rings. The number of nitrogen functional groups attached to an aromatic ring is 1. The molecule has 2 amide bonds. The van der Waals surface area contributed by atoms with E-state index in [1.807, 2.05) is 48.5 Å². The highest BCUT2D eigenvalue weighted by Crippen LogP contribution is 2.16. The average Bonchev–Trinajstić information content (AvgIpc) is 2.80. The van der Waals surface area contributed by atoms with Crippen molar-refractivity contribution >= 4 is 23.1 Å². The van der Waals surface area contributed by atoms with Crippen LogP contribution in [0.3, 0.4) is 0 Å². The molecule has 2 aromatic rings. The van der Waals surface area contributed by atoms with Crippen molar-refractivity contribution < 1.29 is 9.59 Å². The van der Waals surface area contributed by atoms with Gasteiger partial charge in [-0.2, -0.15) is 0 Å². The van der Waals surface area contributed by atoms with Gasteiger partial charge < -0.3 is 5.73 Å². The summed E-state index contributed by atoms with van der Waals surface area (Å²) >= 11 is 0. The summed E-state index contributed by atoms with van der Waals surface area (Å²) in [7, 11) is 0. The van der Waals surface area contributed by atoms with Gasteiger partial charge in [0.2, 0.25) is 0 Å². The van der Waals surface area contributed by atoms with E-state index in [4.69, 9.17) is 5.73 Å². The molecule has 100 valence electrons. The zero-order valence-corrected chi connectivity index (χ0v) is 10.7. The van der Waals surface area contributed by atoms with Crippen LogP contribution < -0.4 is 11.1 Å². The first-order chi connectivity index (χ1) is 9.66. The Hall–Kier alpha value is -2.88. The van der Waals surface area contributed by atoms with E-state index in [2.05, 4.69) is 5.32 Å². The van der Waals surface area contributed by atoms with Gasteiger partial charge in [-0.1, -0.05) is 48.5 Å². The predicted octanol–water partition coefficient (Wildman–Crippen LogP) is 2.00. The van der Waals surface area contributed by atoms with Crippen molar-refractivity contribution in [1.82, 2.24) is 5.32 Å². The van der Waals surface area contributed by atoms with Crippen LogP contribution in [0.5, 0.6) is 0 Å². The van der Waals surface area contributed by atoms with Gasteiger partial charge in [0, 0.05) is 11.8 Å². The molecule has 1 heterocycles. The molecule has 0 radical (unpaired) electrons. The van der Waals surface area contributed by atoms with E-state index in [9.17, 15) is 9.59 Å². The molecule has 0 unspecified atom stereocenters. The molecule has 0 saturated heterocycles. The van der Waals surface area contributed by atoms with Crippen LogP contribution in [-0.2, 0) is 9.59 Å². The maximum Gasteiger partial charge on any atom is 0.258 e. The minimum Gasteiger partial charge on any atom is -0.399 e. The Kier molecular flexibility index (Phi) is 4.29. The van der Waals surface area contributed by atoms with Crippen LogP contribution in [0.1, 0.15) is 5.56 Å². The minimum atomic E-state index is -0.344. The number of hydrogen-bond acceptors (Lipinski definition) is 3.